The second-order valence-electron chi connectivity index (χ2n) is 5.73. The van der Waals surface area contributed by atoms with Crippen molar-refractivity contribution in [1.82, 2.24) is 4.98 Å². The Morgan fingerprint density at radius 1 is 1.00 bits per heavy atom. The highest BCUT2D eigenvalue weighted by Crippen LogP contribution is 2.13. The summed E-state index contributed by atoms with van der Waals surface area (Å²) in [6.45, 7) is 2.54. The fourth-order valence-corrected chi connectivity index (χ4v) is 2.27. The minimum Gasteiger partial charge on any atom is -0.380 e. The molecule has 4 nitrogen and oxygen atoms in total. The number of aryl methyl sites for hydroxylation is 1. The molecule has 0 atom stereocenters. The molecule has 1 amide bonds. The van der Waals surface area contributed by atoms with Crippen LogP contribution >= 0.6 is 0 Å². The zero-order valence-corrected chi connectivity index (χ0v) is 13.8. The second kappa shape index (κ2) is 7.57. The first-order valence-corrected chi connectivity index (χ1v) is 7.92. The lowest BCUT2D eigenvalue weighted by Crippen LogP contribution is -2.12. The Bertz CT molecular complexity index is 844. The zero-order valence-electron chi connectivity index (χ0n) is 13.8. The number of hydrogen-bond acceptors (Lipinski definition) is 3. The Kier molecular flexibility index (Phi) is 5.04. The minimum atomic E-state index is -0.251. The van der Waals surface area contributed by atoms with Gasteiger partial charge in [-0.25, -0.2) is 9.37 Å². The van der Waals surface area contributed by atoms with Crippen LogP contribution in [0.25, 0.3) is 0 Å². The SMILES string of the molecule is Cc1ccc(C(=O)Nc2ccc(NCc3ccc(F)cc3)cn2)cc1. The van der Waals surface area contributed by atoms with E-state index in [2.05, 4.69) is 15.6 Å². The molecule has 0 aliphatic heterocycles. The summed E-state index contributed by atoms with van der Waals surface area (Å²) in [6, 6.07) is 17.2. The summed E-state index contributed by atoms with van der Waals surface area (Å²) >= 11 is 0. The van der Waals surface area contributed by atoms with Gasteiger partial charge < -0.3 is 10.6 Å². The molecule has 5 heteroatoms. The molecule has 0 unspecified atom stereocenters. The quantitative estimate of drug-likeness (QED) is 0.727. The summed E-state index contributed by atoms with van der Waals surface area (Å²) in [4.78, 5) is 16.4. The highest BCUT2D eigenvalue weighted by molar-refractivity contribution is 6.03. The van der Waals surface area contributed by atoms with Gasteiger partial charge in [0, 0.05) is 12.1 Å². The molecular weight excluding hydrogens is 317 g/mol. The molecule has 0 radical (unpaired) electrons. The fraction of sp³-hybridized carbons (Fsp3) is 0.100. The maximum absolute atomic E-state index is 12.9. The molecule has 0 fully saturated rings. The third-order valence-corrected chi connectivity index (χ3v) is 3.73. The summed E-state index contributed by atoms with van der Waals surface area (Å²) in [5.74, 6) is 0.0384. The van der Waals surface area contributed by atoms with Crippen molar-refractivity contribution in [3.63, 3.8) is 0 Å². The monoisotopic (exact) mass is 335 g/mol. The van der Waals surface area contributed by atoms with E-state index in [0.717, 1.165) is 16.8 Å². The fourth-order valence-electron chi connectivity index (χ4n) is 2.27. The zero-order chi connectivity index (χ0) is 17.6. The van der Waals surface area contributed by atoms with E-state index in [4.69, 9.17) is 0 Å². The number of carbonyl (C=O) groups is 1. The molecule has 0 bridgehead atoms. The van der Waals surface area contributed by atoms with Gasteiger partial charge in [-0.2, -0.15) is 0 Å². The number of rotatable bonds is 5. The standard InChI is InChI=1S/C20H18FN3O/c1-14-2-6-16(7-3-14)20(25)24-19-11-10-18(13-23-19)22-12-15-4-8-17(21)9-5-15/h2-11,13,22H,12H2,1H3,(H,23,24,25). The number of benzene rings is 2. The van der Waals surface area contributed by atoms with E-state index in [0.29, 0.717) is 17.9 Å². The van der Waals surface area contributed by atoms with Gasteiger partial charge >= 0.3 is 0 Å². The predicted octanol–water partition coefficient (Wildman–Crippen LogP) is 4.39. The molecule has 0 spiro atoms. The van der Waals surface area contributed by atoms with E-state index in [1.807, 2.05) is 25.1 Å². The highest BCUT2D eigenvalue weighted by Gasteiger charge is 2.06. The van der Waals surface area contributed by atoms with E-state index < -0.39 is 0 Å². The number of anilines is 2. The summed E-state index contributed by atoms with van der Waals surface area (Å²) in [6.07, 6.45) is 1.65. The first-order chi connectivity index (χ1) is 12.1. The van der Waals surface area contributed by atoms with Crippen molar-refractivity contribution in [3.8, 4) is 0 Å². The van der Waals surface area contributed by atoms with Crippen molar-refractivity contribution in [2.75, 3.05) is 10.6 Å². The maximum atomic E-state index is 12.9. The van der Waals surface area contributed by atoms with Crippen LogP contribution in [0.5, 0.6) is 0 Å². The van der Waals surface area contributed by atoms with Crippen LogP contribution in [0.3, 0.4) is 0 Å². The van der Waals surface area contributed by atoms with Crippen LogP contribution in [-0.2, 0) is 6.54 Å². The first kappa shape index (κ1) is 16.6. The Morgan fingerprint density at radius 2 is 1.72 bits per heavy atom. The maximum Gasteiger partial charge on any atom is 0.256 e. The van der Waals surface area contributed by atoms with E-state index in [-0.39, 0.29) is 11.7 Å². The molecule has 1 aromatic heterocycles. The lowest BCUT2D eigenvalue weighted by atomic mass is 10.1. The molecule has 3 aromatic rings. The minimum absolute atomic E-state index is 0.195. The van der Waals surface area contributed by atoms with Gasteiger partial charge in [0.05, 0.1) is 11.9 Å². The Balaban J connectivity index is 1.57. The van der Waals surface area contributed by atoms with Gasteiger partial charge in [0.15, 0.2) is 0 Å². The third kappa shape index (κ3) is 4.64. The highest BCUT2D eigenvalue weighted by atomic mass is 19.1. The van der Waals surface area contributed by atoms with Crippen molar-refractivity contribution in [2.45, 2.75) is 13.5 Å². The molecule has 0 saturated heterocycles. The van der Waals surface area contributed by atoms with Crippen LogP contribution in [0.2, 0.25) is 0 Å². The number of hydrogen-bond donors (Lipinski definition) is 2. The lowest BCUT2D eigenvalue weighted by molar-refractivity contribution is 0.102. The van der Waals surface area contributed by atoms with E-state index in [1.165, 1.54) is 12.1 Å². The number of halogens is 1. The van der Waals surface area contributed by atoms with Gasteiger partial charge in [-0.05, 0) is 48.9 Å². The van der Waals surface area contributed by atoms with Crippen LogP contribution in [0.1, 0.15) is 21.5 Å². The van der Waals surface area contributed by atoms with Gasteiger partial charge in [0.25, 0.3) is 5.91 Å². The summed E-state index contributed by atoms with van der Waals surface area (Å²) in [5, 5.41) is 5.97. The lowest BCUT2D eigenvalue weighted by Gasteiger charge is -2.08. The summed E-state index contributed by atoms with van der Waals surface area (Å²) in [5.41, 5.74) is 3.48. The van der Waals surface area contributed by atoms with E-state index in [9.17, 15) is 9.18 Å². The Labute approximate surface area is 145 Å². The number of aromatic nitrogens is 1. The predicted molar refractivity (Wildman–Crippen MR) is 97.1 cm³/mol. The van der Waals surface area contributed by atoms with E-state index in [1.54, 1.807) is 36.5 Å². The number of nitrogens with one attached hydrogen (secondary N) is 2. The smallest absolute Gasteiger partial charge is 0.256 e. The largest absolute Gasteiger partial charge is 0.380 e. The number of carbonyl (C=O) groups excluding carboxylic acids is 1. The van der Waals surface area contributed by atoms with E-state index >= 15 is 0 Å². The van der Waals surface area contributed by atoms with Crippen LogP contribution in [-0.4, -0.2) is 10.9 Å². The van der Waals surface area contributed by atoms with Gasteiger partial charge in [-0.1, -0.05) is 29.8 Å². The van der Waals surface area contributed by atoms with Crippen molar-refractivity contribution in [3.05, 3.63) is 89.4 Å². The van der Waals surface area contributed by atoms with Crippen molar-refractivity contribution < 1.29 is 9.18 Å². The average Bonchev–Trinajstić information content (AvgIpc) is 2.63. The van der Waals surface area contributed by atoms with Crippen LogP contribution in [0, 0.1) is 12.7 Å². The number of nitrogens with zero attached hydrogens (tertiary/aromatic N) is 1. The van der Waals surface area contributed by atoms with Gasteiger partial charge in [0.2, 0.25) is 0 Å². The topological polar surface area (TPSA) is 54.0 Å². The third-order valence-electron chi connectivity index (χ3n) is 3.73. The molecule has 0 aliphatic rings. The summed E-state index contributed by atoms with van der Waals surface area (Å²) < 4.78 is 12.9. The van der Waals surface area contributed by atoms with Crippen LogP contribution in [0.15, 0.2) is 66.9 Å². The summed E-state index contributed by atoms with van der Waals surface area (Å²) in [7, 11) is 0. The van der Waals surface area contributed by atoms with Crippen molar-refractivity contribution in [2.24, 2.45) is 0 Å². The molecular formula is C20H18FN3O. The molecule has 0 aliphatic carbocycles. The number of amides is 1. The van der Waals surface area contributed by atoms with Crippen molar-refractivity contribution in [1.29, 1.82) is 0 Å². The molecule has 126 valence electrons. The normalized spacial score (nSPS) is 10.3. The molecule has 2 aromatic carbocycles. The van der Waals surface area contributed by atoms with Gasteiger partial charge in [-0.3, -0.25) is 4.79 Å². The van der Waals surface area contributed by atoms with Crippen LogP contribution in [0.4, 0.5) is 15.9 Å². The Hall–Kier alpha value is -3.21. The molecule has 1 heterocycles. The van der Waals surface area contributed by atoms with Gasteiger partial charge in [-0.15, -0.1) is 0 Å². The van der Waals surface area contributed by atoms with Crippen LogP contribution < -0.4 is 10.6 Å². The number of pyridine rings is 1. The Morgan fingerprint density at radius 3 is 2.36 bits per heavy atom. The van der Waals surface area contributed by atoms with Crippen molar-refractivity contribution >= 4 is 17.4 Å². The molecule has 3 rings (SSSR count). The molecule has 2 N–H and O–H groups in total. The molecule has 25 heavy (non-hydrogen) atoms. The van der Waals surface area contributed by atoms with Gasteiger partial charge in [0.1, 0.15) is 11.6 Å². The second-order valence-corrected chi connectivity index (χ2v) is 5.73. The first-order valence-electron chi connectivity index (χ1n) is 7.92. The molecule has 0 saturated carbocycles. The average molecular weight is 335 g/mol.